The molecule has 2 heteroatoms. The van der Waals surface area contributed by atoms with Crippen molar-refractivity contribution in [3.05, 3.63) is 58.7 Å². The second-order valence-electron chi connectivity index (χ2n) is 7.55. The van der Waals surface area contributed by atoms with Crippen LogP contribution in [0.3, 0.4) is 0 Å². The third-order valence-electron chi connectivity index (χ3n) is 5.27. The minimum Gasteiger partial charge on any atom is -0.508 e. The molecule has 0 amide bonds. The van der Waals surface area contributed by atoms with Gasteiger partial charge in [-0.1, -0.05) is 65.8 Å². The van der Waals surface area contributed by atoms with E-state index < -0.39 is 5.41 Å². The second kappa shape index (κ2) is 6.88. The van der Waals surface area contributed by atoms with E-state index in [1.807, 2.05) is 12.1 Å². The first-order valence-corrected chi connectivity index (χ1v) is 8.87. The van der Waals surface area contributed by atoms with Crippen LogP contribution < -0.4 is 0 Å². The van der Waals surface area contributed by atoms with Gasteiger partial charge >= 0.3 is 0 Å². The van der Waals surface area contributed by atoms with Gasteiger partial charge in [-0.3, -0.25) is 0 Å². The zero-order valence-corrected chi connectivity index (χ0v) is 15.7. The lowest BCUT2D eigenvalue weighted by Gasteiger charge is -2.32. The molecule has 0 radical (unpaired) electrons. The van der Waals surface area contributed by atoms with Crippen LogP contribution in [0.15, 0.2) is 36.4 Å². The molecule has 2 nitrogen and oxygen atoms in total. The lowest BCUT2D eigenvalue weighted by molar-refractivity contribution is 0.419. The van der Waals surface area contributed by atoms with Crippen molar-refractivity contribution < 1.29 is 10.2 Å². The number of hydrogen-bond acceptors (Lipinski definition) is 2. The summed E-state index contributed by atoms with van der Waals surface area (Å²) in [6, 6.07) is 11.7. The van der Waals surface area contributed by atoms with E-state index in [9.17, 15) is 10.2 Å². The molecule has 0 aromatic heterocycles. The molecule has 0 aliphatic rings. The Morgan fingerprint density at radius 2 is 1.17 bits per heavy atom. The molecule has 0 atom stereocenters. The van der Waals surface area contributed by atoms with Gasteiger partial charge in [-0.25, -0.2) is 0 Å². The molecule has 0 unspecified atom stereocenters. The van der Waals surface area contributed by atoms with Crippen LogP contribution in [0.1, 0.15) is 82.1 Å². The average Bonchev–Trinajstić information content (AvgIpc) is 2.54. The zero-order chi connectivity index (χ0) is 18.1. The maximum atomic E-state index is 10.5. The highest BCUT2D eigenvalue weighted by molar-refractivity contribution is 5.53. The van der Waals surface area contributed by atoms with E-state index in [1.165, 1.54) is 11.1 Å². The first kappa shape index (κ1) is 18.4. The lowest BCUT2D eigenvalue weighted by atomic mass is 9.72. The number of phenols is 2. The molecule has 0 heterocycles. The largest absolute Gasteiger partial charge is 0.508 e. The van der Waals surface area contributed by atoms with Gasteiger partial charge in [-0.2, -0.15) is 0 Å². The van der Waals surface area contributed by atoms with Gasteiger partial charge in [-0.15, -0.1) is 0 Å². The van der Waals surface area contributed by atoms with E-state index in [4.69, 9.17) is 0 Å². The van der Waals surface area contributed by atoms with Crippen LogP contribution in [-0.4, -0.2) is 10.2 Å². The standard InChI is InChI=1S/C22H30O2/c1-7-22(6,18-12-16(14(2)3)8-10-20(18)23)19-13-17(15(4)5)9-11-21(19)24/h8-15,23-24H,7H2,1-6H3. The maximum Gasteiger partial charge on any atom is 0.119 e. The molecule has 2 aromatic carbocycles. The fourth-order valence-corrected chi connectivity index (χ4v) is 3.24. The molecule has 0 saturated carbocycles. The molecule has 24 heavy (non-hydrogen) atoms. The van der Waals surface area contributed by atoms with Gasteiger partial charge in [-0.05, 0) is 41.5 Å². The summed E-state index contributed by atoms with van der Waals surface area (Å²) in [7, 11) is 0. The maximum absolute atomic E-state index is 10.5. The Bertz CT molecular complexity index is 656. The number of rotatable bonds is 5. The van der Waals surface area contributed by atoms with Crippen molar-refractivity contribution >= 4 is 0 Å². The van der Waals surface area contributed by atoms with Gasteiger partial charge in [0.25, 0.3) is 0 Å². The Labute approximate surface area is 146 Å². The molecule has 2 rings (SSSR count). The second-order valence-corrected chi connectivity index (χ2v) is 7.55. The molecule has 0 fully saturated rings. The van der Waals surface area contributed by atoms with E-state index in [0.29, 0.717) is 11.8 Å². The fraction of sp³-hybridized carbons (Fsp3) is 0.455. The molecule has 130 valence electrons. The lowest BCUT2D eigenvalue weighted by Crippen LogP contribution is -2.23. The summed E-state index contributed by atoms with van der Waals surface area (Å²) in [6.07, 6.45) is 0.789. The van der Waals surface area contributed by atoms with Crippen LogP contribution in [-0.2, 0) is 5.41 Å². The Hall–Kier alpha value is -1.96. The van der Waals surface area contributed by atoms with Crippen LogP contribution in [0.5, 0.6) is 11.5 Å². The van der Waals surface area contributed by atoms with Crippen molar-refractivity contribution in [2.45, 2.75) is 65.2 Å². The normalized spacial score (nSPS) is 12.2. The summed E-state index contributed by atoms with van der Waals surface area (Å²) < 4.78 is 0. The van der Waals surface area contributed by atoms with Crippen LogP contribution >= 0.6 is 0 Å². The third kappa shape index (κ3) is 3.28. The summed E-state index contributed by atoms with van der Waals surface area (Å²) in [5.41, 5.74) is 3.72. The Morgan fingerprint density at radius 1 is 0.792 bits per heavy atom. The number of aromatic hydroxyl groups is 2. The van der Waals surface area contributed by atoms with E-state index >= 15 is 0 Å². The van der Waals surface area contributed by atoms with Crippen molar-refractivity contribution in [3.8, 4) is 11.5 Å². The van der Waals surface area contributed by atoms with Crippen molar-refractivity contribution in [2.75, 3.05) is 0 Å². The van der Waals surface area contributed by atoms with Gasteiger partial charge < -0.3 is 10.2 Å². The molecular formula is C22H30O2. The van der Waals surface area contributed by atoms with Crippen molar-refractivity contribution in [1.29, 1.82) is 0 Å². The van der Waals surface area contributed by atoms with Crippen LogP contribution in [0.4, 0.5) is 0 Å². The quantitative estimate of drug-likeness (QED) is 0.701. The summed E-state index contributed by atoms with van der Waals surface area (Å²) in [5, 5.41) is 21.1. The third-order valence-corrected chi connectivity index (χ3v) is 5.27. The van der Waals surface area contributed by atoms with E-state index in [-0.39, 0.29) is 11.5 Å². The van der Waals surface area contributed by atoms with Gasteiger partial charge in [0.15, 0.2) is 0 Å². The first-order valence-electron chi connectivity index (χ1n) is 8.87. The summed E-state index contributed by atoms with van der Waals surface area (Å²) in [4.78, 5) is 0. The minimum absolute atomic E-state index is 0.290. The Morgan fingerprint density at radius 3 is 1.46 bits per heavy atom. The van der Waals surface area contributed by atoms with Crippen molar-refractivity contribution in [2.24, 2.45) is 0 Å². The summed E-state index contributed by atoms with van der Waals surface area (Å²) in [5.74, 6) is 1.36. The minimum atomic E-state index is -0.441. The molecule has 0 bridgehead atoms. The number of benzene rings is 2. The highest BCUT2D eigenvalue weighted by Crippen LogP contribution is 2.44. The van der Waals surface area contributed by atoms with Gasteiger partial charge in [0.05, 0.1) is 0 Å². The zero-order valence-electron chi connectivity index (χ0n) is 15.7. The smallest absolute Gasteiger partial charge is 0.119 e. The number of hydrogen-bond donors (Lipinski definition) is 2. The SMILES string of the molecule is CCC(C)(c1cc(C(C)C)ccc1O)c1cc(C(C)C)ccc1O. The van der Waals surface area contributed by atoms with E-state index in [2.05, 4.69) is 53.7 Å². The van der Waals surface area contributed by atoms with Gasteiger partial charge in [0.1, 0.15) is 11.5 Å². The predicted octanol–water partition coefficient (Wildman–Crippen LogP) is 6.06. The Balaban J connectivity index is 2.69. The van der Waals surface area contributed by atoms with Crippen LogP contribution in [0.2, 0.25) is 0 Å². The van der Waals surface area contributed by atoms with Crippen LogP contribution in [0.25, 0.3) is 0 Å². The van der Waals surface area contributed by atoms with Crippen molar-refractivity contribution in [1.82, 2.24) is 0 Å². The molecule has 0 saturated heterocycles. The number of phenolic OH excluding ortho intramolecular Hbond substituents is 2. The molecule has 0 aliphatic carbocycles. The van der Waals surface area contributed by atoms with Crippen molar-refractivity contribution in [3.63, 3.8) is 0 Å². The van der Waals surface area contributed by atoms with E-state index in [0.717, 1.165) is 17.5 Å². The summed E-state index contributed by atoms with van der Waals surface area (Å²) >= 11 is 0. The summed E-state index contributed by atoms with van der Waals surface area (Å²) in [6.45, 7) is 12.8. The monoisotopic (exact) mass is 326 g/mol. The van der Waals surface area contributed by atoms with E-state index in [1.54, 1.807) is 12.1 Å². The topological polar surface area (TPSA) is 40.5 Å². The van der Waals surface area contributed by atoms with Crippen LogP contribution in [0, 0.1) is 0 Å². The molecule has 0 aliphatic heterocycles. The average molecular weight is 326 g/mol. The first-order chi connectivity index (χ1) is 11.2. The highest BCUT2D eigenvalue weighted by atomic mass is 16.3. The molecule has 0 spiro atoms. The van der Waals surface area contributed by atoms with Gasteiger partial charge in [0, 0.05) is 16.5 Å². The highest BCUT2D eigenvalue weighted by Gasteiger charge is 2.33. The Kier molecular flexibility index (Phi) is 5.27. The predicted molar refractivity (Wildman–Crippen MR) is 101 cm³/mol. The fourth-order valence-electron chi connectivity index (χ4n) is 3.24. The molecule has 2 N–H and O–H groups in total. The molecule has 2 aromatic rings. The molecular weight excluding hydrogens is 296 g/mol. The van der Waals surface area contributed by atoms with Gasteiger partial charge in [0.2, 0.25) is 0 Å².